The Morgan fingerprint density at radius 1 is 1.12 bits per heavy atom. The van der Waals surface area contributed by atoms with Crippen molar-refractivity contribution < 1.29 is 19.7 Å². The number of esters is 1. The van der Waals surface area contributed by atoms with E-state index in [9.17, 15) is 15.0 Å². The Morgan fingerprint density at radius 3 is 2.48 bits per heavy atom. The summed E-state index contributed by atoms with van der Waals surface area (Å²) in [7, 11) is 1.51. The lowest BCUT2D eigenvalue weighted by Gasteiger charge is -2.63. The van der Waals surface area contributed by atoms with Gasteiger partial charge in [-0.3, -0.25) is 4.79 Å². The van der Waals surface area contributed by atoms with E-state index in [1.165, 1.54) is 7.11 Å². The number of carbonyl (C=O) groups is 1. The highest BCUT2D eigenvalue weighted by Crippen LogP contribution is 2.65. The molecule has 3 fully saturated rings. The normalized spacial score (nSPS) is 49.8. The van der Waals surface area contributed by atoms with Gasteiger partial charge in [0.1, 0.15) is 0 Å². The van der Waals surface area contributed by atoms with Crippen LogP contribution in [0.15, 0.2) is 0 Å². The van der Waals surface area contributed by atoms with Crippen LogP contribution < -0.4 is 0 Å². The standard InChI is InChI=1S/C21H36O4/c1-19(12-13-22)11-8-15-14(17(19)23)6-7-16-20(15,2)9-5-10-21(16,3)18(24)25-4/h14-17,22-23H,5-13H2,1-4H3/t14-,15+,16?,17+,19-,20-,21-/m1/s1. The van der Waals surface area contributed by atoms with Crippen molar-refractivity contribution in [2.45, 2.75) is 78.2 Å². The van der Waals surface area contributed by atoms with Crippen LogP contribution in [0.3, 0.4) is 0 Å². The van der Waals surface area contributed by atoms with E-state index < -0.39 is 0 Å². The van der Waals surface area contributed by atoms with Crippen LogP contribution in [0.4, 0.5) is 0 Å². The molecule has 0 aromatic carbocycles. The Morgan fingerprint density at radius 2 is 1.84 bits per heavy atom. The molecule has 4 nitrogen and oxygen atoms in total. The number of aliphatic hydroxyl groups excluding tert-OH is 2. The highest BCUT2D eigenvalue weighted by atomic mass is 16.5. The Balaban J connectivity index is 1.90. The number of ether oxygens (including phenoxy) is 1. The van der Waals surface area contributed by atoms with Gasteiger partial charge in [-0.05, 0) is 80.5 Å². The second-order valence-electron chi connectivity index (χ2n) is 9.78. The third-order valence-corrected chi connectivity index (χ3v) is 8.61. The van der Waals surface area contributed by atoms with E-state index in [4.69, 9.17) is 4.74 Å². The molecule has 3 aliphatic rings. The third-order valence-electron chi connectivity index (χ3n) is 8.61. The van der Waals surface area contributed by atoms with Gasteiger partial charge in [-0.15, -0.1) is 0 Å². The summed E-state index contributed by atoms with van der Waals surface area (Å²) < 4.78 is 5.19. The second kappa shape index (κ2) is 6.53. The molecule has 0 aliphatic heterocycles. The second-order valence-corrected chi connectivity index (χ2v) is 9.78. The predicted octanol–water partition coefficient (Wildman–Crippen LogP) is 3.54. The molecule has 0 amide bonds. The lowest BCUT2D eigenvalue weighted by atomic mass is 9.42. The van der Waals surface area contributed by atoms with Crippen LogP contribution in [0.2, 0.25) is 0 Å². The van der Waals surface area contributed by atoms with Gasteiger partial charge >= 0.3 is 5.97 Å². The number of fused-ring (bicyclic) bond motifs is 3. The molecule has 0 heterocycles. The first-order chi connectivity index (χ1) is 11.7. The van der Waals surface area contributed by atoms with Gasteiger partial charge in [0.25, 0.3) is 0 Å². The van der Waals surface area contributed by atoms with Gasteiger partial charge in [-0.25, -0.2) is 0 Å². The number of methoxy groups -OCH3 is 1. The number of carbonyl (C=O) groups excluding carboxylic acids is 1. The lowest BCUT2D eigenvalue weighted by molar-refractivity contribution is -0.192. The van der Waals surface area contributed by atoms with Crippen LogP contribution in [-0.2, 0) is 9.53 Å². The van der Waals surface area contributed by atoms with Crippen molar-refractivity contribution in [2.75, 3.05) is 13.7 Å². The first-order valence-electron chi connectivity index (χ1n) is 10.1. The average molecular weight is 353 g/mol. The molecule has 0 aromatic heterocycles. The maximum absolute atomic E-state index is 12.6. The SMILES string of the molecule is COC(=O)[C@]1(C)CCC[C@@]2(C)C1CC[C@H]1[C@H](O)[C@@](C)(CCO)CC[C@@H]12. The Kier molecular flexibility index (Phi) is 5.00. The molecule has 3 rings (SSSR count). The van der Waals surface area contributed by atoms with E-state index in [0.717, 1.165) is 44.9 Å². The van der Waals surface area contributed by atoms with E-state index in [-0.39, 0.29) is 34.9 Å². The Hall–Kier alpha value is -0.610. The minimum Gasteiger partial charge on any atom is -0.469 e. The number of hydrogen-bond acceptors (Lipinski definition) is 4. The zero-order valence-electron chi connectivity index (χ0n) is 16.4. The highest BCUT2D eigenvalue weighted by Gasteiger charge is 2.62. The summed E-state index contributed by atoms with van der Waals surface area (Å²) in [6.45, 7) is 6.76. The smallest absolute Gasteiger partial charge is 0.311 e. The summed E-state index contributed by atoms with van der Waals surface area (Å²) in [5.74, 6) is 1.06. The molecule has 0 bridgehead atoms. The van der Waals surface area contributed by atoms with Gasteiger partial charge in [-0.1, -0.05) is 20.3 Å². The van der Waals surface area contributed by atoms with Crippen LogP contribution in [0.25, 0.3) is 0 Å². The van der Waals surface area contributed by atoms with Gasteiger partial charge in [0, 0.05) is 6.61 Å². The molecule has 7 atom stereocenters. The fourth-order valence-electron chi connectivity index (χ4n) is 7.13. The van der Waals surface area contributed by atoms with Crippen LogP contribution in [-0.4, -0.2) is 36.0 Å². The third kappa shape index (κ3) is 2.75. The molecule has 25 heavy (non-hydrogen) atoms. The summed E-state index contributed by atoms with van der Waals surface area (Å²) >= 11 is 0. The highest BCUT2D eigenvalue weighted by molar-refractivity contribution is 5.77. The average Bonchev–Trinajstić information content (AvgIpc) is 2.57. The summed E-state index contributed by atoms with van der Waals surface area (Å²) in [6.07, 6.45) is 7.51. The van der Waals surface area contributed by atoms with E-state index in [1.807, 2.05) is 0 Å². The first-order valence-corrected chi connectivity index (χ1v) is 10.1. The van der Waals surface area contributed by atoms with E-state index in [1.54, 1.807) is 0 Å². The minimum atomic E-state index is -0.385. The van der Waals surface area contributed by atoms with Gasteiger partial charge < -0.3 is 14.9 Å². The fourth-order valence-corrected chi connectivity index (χ4v) is 7.13. The van der Waals surface area contributed by atoms with Crippen LogP contribution in [0.5, 0.6) is 0 Å². The maximum Gasteiger partial charge on any atom is 0.311 e. The molecule has 144 valence electrons. The summed E-state index contributed by atoms with van der Waals surface area (Å²) in [5.41, 5.74) is -0.450. The van der Waals surface area contributed by atoms with Gasteiger partial charge in [0.05, 0.1) is 18.6 Å². The number of aliphatic hydroxyl groups is 2. The monoisotopic (exact) mass is 352 g/mol. The molecule has 0 saturated heterocycles. The van der Waals surface area contributed by atoms with E-state index in [0.29, 0.717) is 24.2 Å². The van der Waals surface area contributed by atoms with Gasteiger partial charge in [0.2, 0.25) is 0 Å². The van der Waals surface area contributed by atoms with Crippen molar-refractivity contribution in [1.82, 2.24) is 0 Å². The first kappa shape index (κ1) is 19.2. The van der Waals surface area contributed by atoms with Crippen molar-refractivity contribution in [3.8, 4) is 0 Å². The molecule has 4 heteroatoms. The maximum atomic E-state index is 12.6. The molecular weight excluding hydrogens is 316 g/mol. The van der Waals surface area contributed by atoms with Crippen molar-refractivity contribution in [1.29, 1.82) is 0 Å². The van der Waals surface area contributed by atoms with E-state index >= 15 is 0 Å². The lowest BCUT2D eigenvalue weighted by Crippen LogP contribution is -2.60. The minimum absolute atomic E-state index is 0.0525. The topological polar surface area (TPSA) is 66.8 Å². The zero-order chi connectivity index (χ0) is 18.5. The van der Waals surface area contributed by atoms with Crippen LogP contribution in [0.1, 0.15) is 72.1 Å². The number of hydrogen-bond donors (Lipinski definition) is 2. The van der Waals surface area contributed by atoms with Gasteiger partial charge in [-0.2, -0.15) is 0 Å². The van der Waals surface area contributed by atoms with Crippen molar-refractivity contribution in [3.05, 3.63) is 0 Å². The van der Waals surface area contributed by atoms with Gasteiger partial charge in [0.15, 0.2) is 0 Å². The van der Waals surface area contributed by atoms with Crippen LogP contribution in [0, 0.1) is 34.0 Å². The fraction of sp³-hybridized carbons (Fsp3) is 0.952. The molecule has 1 unspecified atom stereocenters. The summed E-state index contributed by atoms with van der Waals surface area (Å²) in [6, 6.07) is 0. The van der Waals surface area contributed by atoms with Crippen molar-refractivity contribution in [3.63, 3.8) is 0 Å². The molecule has 0 spiro atoms. The molecular formula is C21H36O4. The quantitative estimate of drug-likeness (QED) is 0.763. The Labute approximate surface area is 152 Å². The molecule has 3 saturated carbocycles. The zero-order valence-corrected chi connectivity index (χ0v) is 16.4. The molecule has 2 N–H and O–H groups in total. The summed E-state index contributed by atoms with van der Waals surface area (Å²) in [4.78, 5) is 12.6. The van der Waals surface area contributed by atoms with Crippen molar-refractivity contribution in [2.24, 2.45) is 34.0 Å². The molecule has 0 aromatic rings. The largest absolute Gasteiger partial charge is 0.469 e. The predicted molar refractivity (Wildman–Crippen MR) is 96.8 cm³/mol. The Bertz CT molecular complexity index is 520. The van der Waals surface area contributed by atoms with Crippen molar-refractivity contribution >= 4 is 5.97 Å². The summed E-state index contributed by atoms with van der Waals surface area (Å²) in [5, 5.41) is 20.6. The molecule has 3 aliphatic carbocycles. The van der Waals surface area contributed by atoms with Crippen LogP contribution >= 0.6 is 0 Å². The molecule has 0 radical (unpaired) electrons. The van der Waals surface area contributed by atoms with E-state index in [2.05, 4.69) is 20.8 Å². The number of rotatable bonds is 3.